The van der Waals surface area contributed by atoms with Gasteiger partial charge in [-0.1, -0.05) is 0 Å². The summed E-state index contributed by atoms with van der Waals surface area (Å²) in [5, 5.41) is 145. The minimum absolute atomic E-state index is 0.0847. The van der Waals surface area contributed by atoms with Crippen LogP contribution in [-0.2, 0) is 38.0 Å². The lowest BCUT2D eigenvalue weighted by Crippen LogP contribution is -2.64. The van der Waals surface area contributed by atoms with E-state index >= 15 is 0 Å². The molecule has 16 atom stereocenters. The van der Waals surface area contributed by atoms with Gasteiger partial charge in [0.25, 0.3) is 11.9 Å². The smallest absolute Gasteiger partial charge is 0.317 e. The van der Waals surface area contributed by atoms with Crippen LogP contribution in [0.4, 0.5) is 0 Å². The van der Waals surface area contributed by atoms with Crippen molar-refractivity contribution >= 4 is 18.0 Å². The second-order valence-electron chi connectivity index (χ2n) is 14.4. The molecule has 0 aliphatic carbocycles. The number of carbonyl (C=O) groups is 2. The molecule has 2 aromatic rings. The van der Waals surface area contributed by atoms with E-state index in [0.29, 0.717) is 0 Å². The molecular formula is C36H45O24+. The number of benzene rings is 2. The zero-order valence-electron chi connectivity index (χ0n) is 31.1. The third kappa shape index (κ3) is 9.10. The van der Waals surface area contributed by atoms with Crippen LogP contribution in [0.1, 0.15) is 30.6 Å². The monoisotopic (exact) mass is 861 g/mol. The minimum atomic E-state index is -1.94. The van der Waals surface area contributed by atoms with E-state index in [4.69, 9.17) is 38.3 Å². The Kier molecular flexibility index (Phi) is 13.5. The van der Waals surface area contributed by atoms with E-state index < -0.39 is 153 Å². The van der Waals surface area contributed by atoms with Crippen molar-refractivity contribution in [1.29, 1.82) is 0 Å². The Balaban J connectivity index is 1.32. The summed E-state index contributed by atoms with van der Waals surface area (Å²) in [6.07, 6.45) is -27.3. The number of aliphatic hydroxyl groups excluding tert-OH is 9. The molecule has 332 valence electrons. The maximum atomic E-state index is 11.8. The maximum absolute atomic E-state index is 11.8. The number of phenolic OH excluding ortho intramolecular Hbond substituents is 4. The van der Waals surface area contributed by atoms with Crippen LogP contribution in [0.15, 0.2) is 30.0 Å². The standard InChI is InChI=1S/C36H44O24/c1-10-23(44)27(48)30(51)34(54-10)60-33-29(50)25(46)19(8-37)58-36(33)57-18-6-13-14(38)4-12(5-17(13)56-32(18)11-2-15(39)24(45)16(40)3-11)55-35-31(52)28(49)26(47)20(59-35)9-53-22(43)7-21(41)42/h2-6,10,19-20,23,25-40,44-52H,7-9H2,1H3,(H,41,42)/p+1. The van der Waals surface area contributed by atoms with Crippen molar-refractivity contribution in [2.24, 2.45) is 0 Å². The normalized spacial score (nSPS) is 36.6. The molecule has 4 aliphatic rings. The van der Waals surface area contributed by atoms with E-state index in [0.717, 1.165) is 18.2 Å². The fourth-order valence-electron chi connectivity index (χ4n) is 6.81. The van der Waals surface area contributed by atoms with Gasteiger partial charge in [-0.15, -0.1) is 0 Å². The fourth-order valence-corrected chi connectivity index (χ4v) is 6.81. The first-order valence-corrected chi connectivity index (χ1v) is 18.2. The second-order valence-corrected chi connectivity index (χ2v) is 14.4. The number of aromatic hydroxyl groups is 5. The fraction of sp³-hybridized carbons (Fsp3) is 0.556. The molecule has 24 nitrogen and oxygen atoms in total. The Labute approximate surface area is 337 Å². The molecular weight excluding hydrogens is 816 g/mol. The lowest BCUT2D eigenvalue weighted by molar-refractivity contribution is -0.361. The first-order chi connectivity index (χ1) is 28.3. The van der Waals surface area contributed by atoms with E-state index in [9.17, 15) is 76.0 Å². The molecule has 0 radical (unpaired) electrons. The summed E-state index contributed by atoms with van der Waals surface area (Å²) >= 11 is 0. The van der Waals surface area contributed by atoms with Gasteiger partial charge in [-0.2, -0.15) is 0 Å². The van der Waals surface area contributed by atoms with Gasteiger partial charge in [0.2, 0.25) is 12.6 Å². The topological polar surface area (TPSA) is 395 Å². The van der Waals surface area contributed by atoms with Crippen molar-refractivity contribution < 1.29 is 119 Å². The Morgan fingerprint density at radius 2 is 1.32 bits per heavy atom. The van der Waals surface area contributed by atoms with Gasteiger partial charge in [-0.25, -0.2) is 0 Å². The van der Waals surface area contributed by atoms with Gasteiger partial charge in [-0.05, 0) is 19.1 Å². The zero-order valence-corrected chi connectivity index (χ0v) is 31.1. The van der Waals surface area contributed by atoms with Crippen LogP contribution in [0.5, 0.6) is 34.5 Å². The molecule has 4 heterocycles. The Morgan fingerprint density at radius 3 is 1.97 bits per heavy atom. The molecule has 16 unspecified atom stereocenters. The number of phenols is 4. The van der Waals surface area contributed by atoms with Crippen molar-refractivity contribution in [3.05, 3.63) is 41.2 Å². The number of carboxylic acid groups (broad SMARTS) is 1. The summed E-state index contributed by atoms with van der Waals surface area (Å²) in [6, 6.07) is 4.17. The Hall–Kier alpha value is -4.80. The number of carbonyl (C=O) groups excluding carboxylic acids is 1. The number of hydrogen-bond donors (Lipinski definition) is 14. The Morgan fingerprint density at radius 1 is 0.700 bits per heavy atom. The number of hydrogen-bond acceptors (Lipinski definition) is 22. The highest BCUT2D eigenvalue weighted by Crippen LogP contribution is 2.48. The maximum Gasteiger partial charge on any atom is 0.317 e. The number of aliphatic carboxylic acids is 1. The molecule has 0 amide bonds. The SMILES string of the molecule is CC1OC(OC2C(OC3=Cc4c(O)cc(OC5OC(COC(=O)CC(=O)O)C(O)C(O)C5O)cc4[OH+]C3c3cc(O)c(O)c(O)c3)OC(CO)C(O)C2O)C(O)C(O)C1O. The van der Waals surface area contributed by atoms with Gasteiger partial charge in [0.1, 0.15) is 91.1 Å². The van der Waals surface area contributed by atoms with Crippen LogP contribution < -0.4 is 4.74 Å². The van der Waals surface area contributed by atoms with Gasteiger partial charge < -0.3 is 109 Å². The molecule has 0 spiro atoms. The Bertz CT molecular complexity index is 1880. The average molecular weight is 862 g/mol. The number of carboxylic acids is 1. The molecule has 0 bridgehead atoms. The van der Waals surface area contributed by atoms with Crippen molar-refractivity contribution in [2.45, 2.75) is 112 Å². The van der Waals surface area contributed by atoms with Crippen molar-refractivity contribution in [1.82, 2.24) is 0 Å². The molecule has 2 aromatic carbocycles. The average Bonchev–Trinajstić information content (AvgIpc) is 3.19. The lowest BCUT2D eigenvalue weighted by atomic mass is 9.97. The second kappa shape index (κ2) is 18.0. The third-order valence-corrected chi connectivity index (χ3v) is 10.1. The van der Waals surface area contributed by atoms with Crippen molar-refractivity contribution in [3.8, 4) is 34.5 Å². The summed E-state index contributed by atoms with van der Waals surface area (Å²) in [6.45, 7) is -0.259. The first kappa shape index (κ1) is 44.7. The van der Waals surface area contributed by atoms with Gasteiger partial charge in [0, 0.05) is 12.1 Å². The highest BCUT2D eigenvalue weighted by Gasteiger charge is 2.52. The predicted molar refractivity (Wildman–Crippen MR) is 189 cm³/mol. The molecule has 6 rings (SSSR count). The van der Waals surface area contributed by atoms with Crippen LogP contribution in [0.25, 0.3) is 6.08 Å². The van der Waals surface area contributed by atoms with E-state index in [1.807, 2.05) is 0 Å². The van der Waals surface area contributed by atoms with E-state index in [-0.39, 0.29) is 28.4 Å². The lowest BCUT2D eigenvalue weighted by Gasteiger charge is -2.46. The van der Waals surface area contributed by atoms with Crippen molar-refractivity contribution in [2.75, 3.05) is 13.2 Å². The van der Waals surface area contributed by atoms with Gasteiger partial charge in [-0.3, -0.25) is 9.59 Å². The largest absolute Gasteiger partial charge is 0.571 e. The van der Waals surface area contributed by atoms with E-state index in [2.05, 4.69) is 4.74 Å². The summed E-state index contributed by atoms with van der Waals surface area (Å²) in [4.78, 5) is 22.6. The zero-order chi connectivity index (χ0) is 43.9. The number of esters is 1. The quantitative estimate of drug-likeness (QED) is 0.0415. The van der Waals surface area contributed by atoms with Crippen molar-refractivity contribution in [3.63, 3.8) is 0 Å². The van der Waals surface area contributed by atoms with Crippen LogP contribution in [-0.4, -0.2) is 193 Å². The van der Waals surface area contributed by atoms with Crippen LogP contribution >= 0.6 is 0 Å². The molecule has 24 heteroatoms. The minimum Gasteiger partial charge on any atom is -0.571 e. The summed E-state index contributed by atoms with van der Waals surface area (Å²) in [5.74, 6) is -6.49. The van der Waals surface area contributed by atoms with E-state index in [1.54, 1.807) is 0 Å². The molecule has 15 N–H and O–H groups in total. The summed E-state index contributed by atoms with van der Waals surface area (Å²) in [5.41, 5.74) is -0.187. The van der Waals surface area contributed by atoms with E-state index in [1.165, 1.54) is 19.1 Å². The van der Waals surface area contributed by atoms with Gasteiger partial charge in [0.15, 0.2) is 35.4 Å². The predicted octanol–water partition coefficient (Wildman–Crippen LogP) is -4.28. The molecule has 0 saturated carbocycles. The summed E-state index contributed by atoms with van der Waals surface area (Å²) < 4.78 is 43.7. The number of ether oxygens (including phenoxy) is 8. The van der Waals surface area contributed by atoms with Crippen LogP contribution in [0.3, 0.4) is 0 Å². The highest BCUT2D eigenvalue weighted by molar-refractivity contribution is 5.90. The highest BCUT2D eigenvalue weighted by atomic mass is 16.8. The van der Waals surface area contributed by atoms with Crippen LogP contribution in [0.2, 0.25) is 0 Å². The molecule has 3 saturated heterocycles. The molecule has 3 fully saturated rings. The van der Waals surface area contributed by atoms with Crippen LogP contribution in [0, 0.1) is 0 Å². The number of aliphatic hydroxyl groups is 10. The molecule has 0 aromatic heterocycles. The number of fused-ring (bicyclic) bond motifs is 1. The molecule has 4 aliphatic heterocycles. The first-order valence-electron chi connectivity index (χ1n) is 18.2. The van der Waals surface area contributed by atoms with Gasteiger partial charge >= 0.3 is 11.9 Å². The molecule has 60 heavy (non-hydrogen) atoms. The summed E-state index contributed by atoms with van der Waals surface area (Å²) in [7, 11) is 0. The third-order valence-electron chi connectivity index (χ3n) is 10.1. The van der Waals surface area contributed by atoms with Gasteiger partial charge in [0.05, 0.1) is 24.3 Å². The number of rotatable bonds is 12.